The molecular formula is C16H17N3O2S. The van der Waals surface area contributed by atoms with Crippen LogP contribution in [-0.2, 0) is 9.59 Å². The average Bonchev–Trinajstić information content (AvgIpc) is 2.48. The molecule has 6 heteroatoms. The van der Waals surface area contributed by atoms with Gasteiger partial charge < -0.3 is 10.6 Å². The number of amides is 2. The SMILES string of the molecule is Cc1cccc(NC(=O)CSCC(=O)Nc2ccncc2)c1. The van der Waals surface area contributed by atoms with Crippen molar-refractivity contribution in [2.75, 3.05) is 22.1 Å². The number of nitrogens with zero attached hydrogens (tertiary/aromatic N) is 1. The van der Waals surface area contributed by atoms with Crippen LogP contribution in [0.1, 0.15) is 5.56 Å². The monoisotopic (exact) mass is 315 g/mol. The molecule has 114 valence electrons. The first-order valence-electron chi connectivity index (χ1n) is 6.77. The quantitative estimate of drug-likeness (QED) is 0.860. The van der Waals surface area contributed by atoms with Gasteiger partial charge in [-0.25, -0.2) is 0 Å². The molecule has 1 aromatic carbocycles. The second-order valence-electron chi connectivity index (χ2n) is 4.69. The standard InChI is InChI=1S/C16H17N3O2S/c1-12-3-2-4-14(9-12)19-16(21)11-22-10-15(20)18-13-5-7-17-8-6-13/h2-9H,10-11H2,1H3,(H,19,21)(H,17,18,20). The lowest BCUT2D eigenvalue weighted by atomic mass is 10.2. The second kappa shape index (κ2) is 8.19. The maximum Gasteiger partial charge on any atom is 0.234 e. The van der Waals surface area contributed by atoms with Gasteiger partial charge in [-0.2, -0.15) is 0 Å². The molecular weight excluding hydrogens is 298 g/mol. The molecule has 0 saturated heterocycles. The van der Waals surface area contributed by atoms with Gasteiger partial charge in [0.1, 0.15) is 0 Å². The molecule has 0 saturated carbocycles. The van der Waals surface area contributed by atoms with Crippen LogP contribution in [0.5, 0.6) is 0 Å². The van der Waals surface area contributed by atoms with E-state index in [9.17, 15) is 9.59 Å². The highest BCUT2D eigenvalue weighted by atomic mass is 32.2. The number of pyridine rings is 1. The molecule has 0 bridgehead atoms. The third-order valence-electron chi connectivity index (χ3n) is 2.73. The Morgan fingerprint density at radius 3 is 2.27 bits per heavy atom. The van der Waals surface area contributed by atoms with E-state index in [1.807, 2.05) is 31.2 Å². The summed E-state index contributed by atoms with van der Waals surface area (Å²) >= 11 is 1.27. The van der Waals surface area contributed by atoms with Gasteiger partial charge in [-0.15, -0.1) is 11.8 Å². The first-order chi connectivity index (χ1) is 10.6. The predicted molar refractivity (Wildman–Crippen MR) is 90.0 cm³/mol. The van der Waals surface area contributed by atoms with E-state index in [-0.39, 0.29) is 23.3 Å². The number of aromatic nitrogens is 1. The van der Waals surface area contributed by atoms with Gasteiger partial charge in [0.25, 0.3) is 0 Å². The molecule has 1 aromatic heterocycles. The lowest BCUT2D eigenvalue weighted by Crippen LogP contribution is -2.18. The number of thioether (sulfide) groups is 1. The van der Waals surface area contributed by atoms with Crippen LogP contribution in [0.2, 0.25) is 0 Å². The zero-order valence-electron chi connectivity index (χ0n) is 12.2. The Morgan fingerprint density at radius 2 is 1.64 bits per heavy atom. The predicted octanol–water partition coefficient (Wildman–Crippen LogP) is 2.70. The van der Waals surface area contributed by atoms with Crippen molar-refractivity contribution in [2.24, 2.45) is 0 Å². The fraction of sp³-hybridized carbons (Fsp3) is 0.188. The molecule has 0 aliphatic heterocycles. The van der Waals surface area contributed by atoms with Crippen LogP contribution < -0.4 is 10.6 Å². The molecule has 2 amide bonds. The summed E-state index contributed by atoms with van der Waals surface area (Å²) in [7, 11) is 0. The van der Waals surface area contributed by atoms with Crippen molar-refractivity contribution in [3.63, 3.8) is 0 Å². The molecule has 0 unspecified atom stereocenters. The topological polar surface area (TPSA) is 71.1 Å². The maximum absolute atomic E-state index is 11.8. The summed E-state index contributed by atoms with van der Waals surface area (Å²) in [5.74, 6) is 0.202. The van der Waals surface area contributed by atoms with Crippen LogP contribution in [0, 0.1) is 6.92 Å². The second-order valence-corrected chi connectivity index (χ2v) is 5.68. The van der Waals surface area contributed by atoms with Gasteiger partial charge in [-0.1, -0.05) is 12.1 Å². The highest BCUT2D eigenvalue weighted by Gasteiger charge is 2.06. The van der Waals surface area contributed by atoms with Gasteiger partial charge in [-0.05, 0) is 36.8 Å². The van der Waals surface area contributed by atoms with Crippen molar-refractivity contribution < 1.29 is 9.59 Å². The van der Waals surface area contributed by atoms with E-state index >= 15 is 0 Å². The number of carbonyl (C=O) groups is 2. The Labute approximate surface area is 133 Å². The summed E-state index contributed by atoms with van der Waals surface area (Å²) in [5, 5.41) is 5.55. The Kier molecular flexibility index (Phi) is 5.97. The summed E-state index contributed by atoms with van der Waals surface area (Å²) in [6.45, 7) is 1.97. The van der Waals surface area contributed by atoms with E-state index < -0.39 is 0 Å². The number of hydrogen-bond acceptors (Lipinski definition) is 4. The first kappa shape index (κ1) is 16.0. The van der Waals surface area contributed by atoms with Crippen molar-refractivity contribution in [3.05, 3.63) is 54.4 Å². The molecule has 0 aliphatic rings. The minimum atomic E-state index is -0.139. The minimum Gasteiger partial charge on any atom is -0.325 e. The molecule has 5 nitrogen and oxygen atoms in total. The van der Waals surface area contributed by atoms with Crippen LogP contribution in [0.4, 0.5) is 11.4 Å². The number of hydrogen-bond donors (Lipinski definition) is 2. The summed E-state index contributed by atoms with van der Waals surface area (Å²) in [5.41, 5.74) is 2.55. The number of rotatable bonds is 6. The van der Waals surface area contributed by atoms with Crippen molar-refractivity contribution >= 4 is 35.0 Å². The molecule has 0 atom stereocenters. The molecule has 0 fully saturated rings. The fourth-order valence-electron chi connectivity index (χ4n) is 1.79. The van der Waals surface area contributed by atoms with E-state index in [0.717, 1.165) is 11.3 Å². The average molecular weight is 315 g/mol. The number of nitrogens with one attached hydrogen (secondary N) is 2. The summed E-state index contributed by atoms with van der Waals surface area (Å²) < 4.78 is 0. The van der Waals surface area contributed by atoms with Gasteiger partial charge in [0.15, 0.2) is 0 Å². The normalized spacial score (nSPS) is 10.0. The van der Waals surface area contributed by atoms with Gasteiger partial charge in [0, 0.05) is 23.8 Å². The van der Waals surface area contributed by atoms with Crippen molar-refractivity contribution in [1.29, 1.82) is 0 Å². The number of carbonyl (C=O) groups excluding carboxylic acids is 2. The van der Waals surface area contributed by atoms with Crippen LogP contribution in [0.25, 0.3) is 0 Å². The fourth-order valence-corrected chi connectivity index (χ4v) is 2.41. The first-order valence-corrected chi connectivity index (χ1v) is 7.93. The van der Waals surface area contributed by atoms with E-state index in [1.54, 1.807) is 24.5 Å². The zero-order chi connectivity index (χ0) is 15.8. The van der Waals surface area contributed by atoms with Crippen LogP contribution in [0.15, 0.2) is 48.8 Å². The molecule has 2 rings (SSSR count). The Morgan fingerprint density at radius 1 is 1.00 bits per heavy atom. The summed E-state index contributed by atoms with van der Waals surface area (Å²) in [6, 6.07) is 11.0. The minimum absolute atomic E-state index is 0.118. The Balaban J connectivity index is 1.69. The van der Waals surface area contributed by atoms with Crippen molar-refractivity contribution in [3.8, 4) is 0 Å². The highest BCUT2D eigenvalue weighted by molar-refractivity contribution is 8.00. The van der Waals surface area contributed by atoms with Crippen LogP contribution >= 0.6 is 11.8 Å². The summed E-state index contributed by atoms with van der Waals surface area (Å²) in [6.07, 6.45) is 3.22. The van der Waals surface area contributed by atoms with E-state index in [1.165, 1.54) is 11.8 Å². The van der Waals surface area contributed by atoms with Crippen LogP contribution in [-0.4, -0.2) is 28.3 Å². The number of aryl methyl sites for hydroxylation is 1. The molecule has 1 heterocycles. The van der Waals surface area contributed by atoms with E-state index in [2.05, 4.69) is 15.6 Å². The molecule has 2 aromatic rings. The lowest BCUT2D eigenvalue weighted by molar-refractivity contribution is -0.114. The van der Waals surface area contributed by atoms with Gasteiger partial charge >= 0.3 is 0 Å². The van der Waals surface area contributed by atoms with E-state index in [0.29, 0.717) is 5.69 Å². The smallest absolute Gasteiger partial charge is 0.234 e. The third kappa shape index (κ3) is 5.57. The molecule has 0 aliphatic carbocycles. The Bertz CT molecular complexity index is 647. The zero-order valence-corrected chi connectivity index (χ0v) is 13.0. The third-order valence-corrected chi connectivity index (χ3v) is 3.66. The maximum atomic E-state index is 11.8. The van der Waals surface area contributed by atoms with Crippen molar-refractivity contribution in [2.45, 2.75) is 6.92 Å². The Hall–Kier alpha value is -2.34. The molecule has 22 heavy (non-hydrogen) atoms. The molecule has 2 N–H and O–H groups in total. The molecule has 0 radical (unpaired) electrons. The van der Waals surface area contributed by atoms with Gasteiger partial charge in [0.05, 0.1) is 11.5 Å². The van der Waals surface area contributed by atoms with Gasteiger partial charge in [-0.3, -0.25) is 14.6 Å². The summed E-state index contributed by atoms with van der Waals surface area (Å²) in [4.78, 5) is 27.4. The van der Waals surface area contributed by atoms with Gasteiger partial charge in [0.2, 0.25) is 11.8 Å². The van der Waals surface area contributed by atoms with Crippen LogP contribution in [0.3, 0.4) is 0 Å². The highest BCUT2D eigenvalue weighted by Crippen LogP contribution is 2.11. The molecule has 0 spiro atoms. The number of benzene rings is 1. The lowest BCUT2D eigenvalue weighted by Gasteiger charge is -2.06. The van der Waals surface area contributed by atoms with E-state index in [4.69, 9.17) is 0 Å². The number of anilines is 2. The van der Waals surface area contributed by atoms with Crippen molar-refractivity contribution in [1.82, 2.24) is 4.98 Å². The largest absolute Gasteiger partial charge is 0.325 e.